The molecule has 0 aromatic carbocycles. The van der Waals surface area contributed by atoms with Gasteiger partial charge in [0.2, 0.25) is 0 Å². The molecule has 0 spiro atoms. The molecule has 1 aliphatic rings. The maximum Gasteiger partial charge on any atom is 0.575 e. The van der Waals surface area contributed by atoms with Crippen LogP contribution in [0, 0.1) is 5.41 Å². The SMILES string of the molecule is CCOC(=CC=O)C1(C(=O)OC(F)(F)F)CC1. The highest BCUT2D eigenvalue weighted by Crippen LogP contribution is 2.53. The fourth-order valence-electron chi connectivity index (χ4n) is 1.44. The molecule has 0 atom stereocenters. The fraction of sp³-hybridized carbons (Fsp3) is 0.600. The van der Waals surface area contributed by atoms with Gasteiger partial charge in [0, 0.05) is 6.08 Å². The summed E-state index contributed by atoms with van der Waals surface area (Å²) in [6.07, 6.45) is -3.34. The number of alkyl halides is 3. The van der Waals surface area contributed by atoms with Crippen molar-refractivity contribution >= 4 is 12.3 Å². The number of halogens is 3. The molecule has 0 aromatic heterocycles. The normalized spacial score (nSPS) is 18.5. The van der Waals surface area contributed by atoms with E-state index >= 15 is 0 Å². The Kier molecular flexibility index (Phi) is 3.79. The third-order valence-electron chi connectivity index (χ3n) is 2.34. The Labute approximate surface area is 95.4 Å². The number of hydrogen-bond donors (Lipinski definition) is 0. The Morgan fingerprint density at radius 2 is 2.00 bits per heavy atom. The first-order valence-electron chi connectivity index (χ1n) is 4.94. The summed E-state index contributed by atoms with van der Waals surface area (Å²) in [6.45, 7) is 1.75. The van der Waals surface area contributed by atoms with E-state index < -0.39 is 17.7 Å². The average Bonchev–Trinajstić information content (AvgIpc) is 2.95. The van der Waals surface area contributed by atoms with Crippen molar-refractivity contribution in [1.29, 1.82) is 0 Å². The molecule has 0 saturated heterocycles. The molecule has 0 N–H and O–H groups in total. The van der Waals surface area contributed by atoms with Crippen LogP contribution in [0.5, 0.6) is 0 Å². The van der Waals surface area contributed by atoms with Crippen molar-refractivity contribution in [3.63, 3.8) is 0 Å². The molecule has 96 valence electrons. The van der Waals surface area contributed by atoms with E-state index in [0.717, 1.165) is 6.08 Å². The van der Waals surface area contributed by atoms with Crippen molar-refractivity contribution in [2.45, 2.75) is 26.1 Å². The quantitative estimate of drug-likeness (QED) is 0.325. The molecule has 0 amide bonds. The number of ether oxygens (including phenoxy) is 2. The van der Waals surface area contributed by atoms with Gasteiger partial charge in [0.15, 0.2) is 0 Å². The first-order chi connectivity index (χ1) is 7.85. The smallest absolute Gasteiger partial charge is 0.497 e. The minimum Gasteiger partial charge on any atom is -0.497 e. The van der Waals surface area contributed by atoms with Gasteiger partial charge in [-0.2, -0.15) is 0 Å². The predicted octanol–water partition coefficient (Wildman–Crippen LogP) is 1.95. The third-order valence-corrected chi connectivity index (χ3v) is 2.34. The van der Waals surface area contributed by atoms with E-state index in [1.54, 1.807) is 6.92 Å². The van der Waals surface area contributed by atoms with Gasteiger partial charge in [-0.05, 0) is 19.8 Å². The highest BCUT2D eigenvalue weighted by molar-refractivity contribution is 5.85. The van der Waals surface area contributed by atoms with Crippen LogP contribution < -0.4 is 0 Å². The first kappa shape index (κ1) is 13.5. The summed E-state index contributed by atoms with van der Waals surface area (Å²) in [5, 5.41) is 0. The molecular weight excluding hydrogens is 241 g/mol. The van der Waals surface area contributed by atoms with Gasteiger partial charge in [0.05, 0.1) is 6.61 Å². The Hall–Kier alpha value is -1.53. The number of carbonyl (C=O) groups is 2. The molecule has 0 aliphatic heterocycles. The number of allylic oxidation sites excluding steroid dienone is 1. The van der Waals surface area contributed by atoms with E-state index in [1.165, 1.54) is 0 Å². The topological polar surface area (TPSA) is 52.6 Å². The van der Waals surface area contributed by atoms with Crippen LogP contribution >= 0.6 is 0 Å². The summed E-state index contributed by atoms with van der Waals surface area (Å²) in [4.78, 5) is 21.7. The van der Waals surface area contributed by atoms with Crippen LogP contribution in [0.3, 0.4) is 0 Å². The Morgan fingerprint density at radius 1 is 1.41 bits per heavy atom. The molecule has 0 bridgehead atoms. The zero-order chi connectivity index (χ0) is 13.1. The van der Waals surface area contributed by atoms with Crippen molar-refractivity contribution in [2.24, 2.45) is 5.41 Å². The van der Waals surface area contributed by atoms with Gasteiger partial charge in [-0.25, -0.2) is 0 Å². The summed E-state index contributed by atoms with van der Waals surface area (Å²) in [7, 11) is 0. The summed E-state index contributed by atoms with van der Waals surface area (Å²) in [5.74, 6) is -1.49. The van der Waals surface area contributed by atoms with Crippen molar-refractivity contribution in [3.8, 4) is 0 Å². The average molecular weight is 252 g/mol. The number of rotatable bonds is 5. The molecule has 7 heteroatoms. The maximum atomic E-state index is 11.9. The van der Waals surface area contributed by atoms with Crippen LogP contribution in [-0.4, -0.2) is 25.2 Å². The molecule has 0 unspecified atom stereocenters. The minimum absolute atomic E-state index is 0.0655. The number of carbonyl (C=O) groups excluding carboxylic acids is 2. The van der Waals surface area contributed by atoms with E-state index in [2.05, 4.69) is 4.74 Å². The Bertz CT molecular complexity index is 342. The number of esters is 1. The first-order valence-corrected chi connectivity index (χ1v) is 4.94. The third kappa shape index (κ3) is 3.21. The predicted molar refractivity (Wildman–Crippen MR) is 49.6 cm³/mol. The van der Waals surface area contributed by atoms with Crippen LogP contribution in [0.25, 0.3) is 0 Å². The van der Waals surface area contributed by atoms with Crippen LogP contribution in [0.15, 0.2) is 11.8 Å². The van der Waals surface area contributed by atoms with Gasteiger partial charge in [0.1, 0.15) is 17.5 Å². The van der Waals surface area contributed by atoms with Gasteiger partial charge in [0.25, 0.3) is 0 Å². The van der Waals surface area contributed by atoms with Crippen LogP contribution in [0.2, 0.25) is 0 Å². The molecule has 1 rings (SSSR count). The highest BCUT2D eigenvalue weighted by atomic mass is 19.4. The van der Waals surface area contributed by atoms with Gasteiger partial charge < -0.3 is 9.47 Å². The number of hydrogen-bond acceptors (Lipinski definition) is 4. The summed E-state index contributed by atoms with van der Waals surface area (Å²) < 4.78 is 44.1. The Morgan fingerprint density at radius 3 is 2.35 bits per heavy atom. The second kappa shape index (κ2) is 4.77. The summed E-state index contributed by atoms with van der Waals surface area (Å²) in [6, 6.07) is 0. The highest BCUT2D eigenvalue weighted by Gasteiger charge is 2.58. The van der Waals surface area contributed by atoms with Gasteiger partial charge >= 0.3 is 12.3 Å². The largest absolute Gasteiger partial charge is 0.575 e. The molecule has 0 aromatic rings. The molecule has 1 fully saturated rings. The maximum absolute atomic E-state index is 11.9. The second-order valence-electron chi connectivity index (χ2n) is 3.52. The minimum atomic E-state index is -5.02. The fourth-order valence-corrected chi connectivity index (χ4v) is 1.44. The number of aldehydes is 1. The molecule has 0 radical (unpaired) electrons. The van der Waals surface area contributed by atoms with Crippen LogP contribution in [0.1, 0.15) is 19.8 Å². The van der Waals surface area contributed by atoms with E-state index in [-0.39, 0.29) is 25.2 Å². The molecule has 1 saturated carbocycles. The van der Waals surface area contributed by atoms with Crippen molar-refractivity contribution < 1.29 is 32.2 Å². The van der Waals surface area contributed by atoms with Crippen LogP contribution in [0.4, 0.5) is 13.2 Å². The molecular formula is C10H11F3O4. The molecule has 0 heterocycles. The molecule has 4 nitrogen and oxygen atoms in total. The summed E-state index contributed by atoms with van der Waals surface area (Å²) in [5.41, 5.74) is -1.44. The van der Waals surface area contributed by atoms with Crippen LogP contribution in [-0.2, 0) is 19.1 Å². The van der Waals surface area contributed by atoms with Crippen molar-refractivity contribution in [3.05, 3.63) is 11.8 Å². The van der Waals surface area contributed by atoms with Gasteiger partial charge in [-0.15, -0.1) is 13.2 Å². The lowest BCUT2D eigenvalue weighted by Crippen LogP contribution is -2.29. The lowest BCUT2D eigenvalue weighted by molar-refractivity contribution is -0.308. The van der Waals surface area contributed by atoms with E-state index in [0.29, 0.717) is 6.29 Å². The zero-order valence-electron chi connectivity index (χ0n) is 9.04. The standard InChI is InChI=1S/C10H11F3O4/c1-2-16-7(3-6-14)9(4-5-9)8(15)17-10(11,12)13/h3,6H,2,4-5H2,1H3. The summed E-state index contributed by atoms with van der Waals surface area (Å²) >= 11 is 0. The lowest BCUT2D eigenvalue weighted by Gasteiger charge is -2.18. The van der Waals surface area contributed by atoms with Gasteiger partial charge in [-0.1, -0.05) is 0 Å². The Balaban J connectivity index is 2.83. The van der Waals surface area contributed by atoms with E-state index in [1.807, 2.05) is 0 Å². The monoisotopic (exact) mass is 252 g/mol. The van der Waals surface area contributed by atoms with E-state index in [4.69, 9.17) is 4.74 Å². The zero-order valence-corrected chi connectivity index (χ0v) is 9.04. The molecule has 1 aliphatic carbocycles. The lowest BCUT2D eigenvalue weighted by atomic mass is 10.0. The molecule has 17 heavy (non-hydrogen) atoms. The van der Waals surface area contributed by atoms with Crippen molar-refractivity contribution in [1.82, 2.24) is 0 Å². The van der Waals surface area contributed by atoms with Gasteiger partial charge in [-0.3, -0.25) is 9.59 Å². The second-order valence-corrected chi connectivity index (χ2v) is 3.52. The van der Waals surface area contributed by atoms with Crippen molar-refractivity contribution in [2.75, 3.05) is 6.61 Å². The van der Waals surface area contributed by atoms with E-state index in [9.17, 15) is 22.8 Å².